The number of benzene rings is 6. The van der Waals surface area contributed by atoms with Crippen molar-refractivity contribution in [2.24, 2.45) is 7.05 Å². The molecule has 16 rings (SSSR count). The van der Waals surface area contributed by atoms with Crippen LogP contribution in [0.3, 0.4) is 0 Å². The molecule has 3 aliphatic heterocycles. The van der Waals surface area contributed by atoms with Gasteiger partial charge in [-0.15, -0.1) is 52.7 Å². The third kappa shape index (κ3) is 29.6. The molecule has 46 heteroatoms. The molecule has 6 N–H and O–H groups in total. The van der Waals surface area contributed by atoms with Crippen molar-refractivity contribution in [1.82, 2.24) is 52.7 Å². The minimum absolute atomic E-state index is 0.0145. The molecule has 0 bridgehead atoms. The molecule has 10 heterocycles. The number of amides is 3. The largest absolute Gasteiger partial charge is 0.573 e. The number of anilines is 6. The number of fused-ring (bicyclic) bond motifs is 3. The van der Waals surface area contributed by atoms with Crippen LogP contribution in [0.2, 0.25) is 5.15 Å². The normalized spacial score (nSPS) is 15.5. The van der Waals surface area contributed by atoms with Gasteiger partial charge in [0, 0.05) is 88.2 Å². The molecule has 0 aliphatic carbocycles. The number of alkyl halides is 12. The van der Waals surface area contributed by atoms with Crippen LogP contribution in [0.5, 0.6) is 23.0 Å². The summed E-state index contributed by atoms with van der Waals surface area (Å²) in [4.78, 5) is 70.0. The van der Waals surface area contributed by atoms with Crippen molar-refractivity contribution >= 4 is 117 Å². The number of carbonyl (C=O) groups is 3. The predicted octanol–water partition coefficient (Wildman–Crippen LogP) is 22.5. The Bertz CT molecular complexity index is 6860. The summed E-state index contributed by atoms with van der Waals surface area (Å²) < 4.78 is 242. The van der Waals surface area contributed by atoms with Gasteiger partial charge in [0.2, 0.25) is 0 Å². The van der Waals surface area contributed by atoms with Crippen molar-refractivity contribution in [2.45, 2.75) is 184 Å². The summed E-state index contributed by atoms with van der Waals surface area (Å²) in [5.41, 5.74) is 9.73. The first-order valence-corrected chi connectivity index (χ1v) is 47.4. The zero-order valence-electron chi connectivity index (χ0n) is 78.7. The van der Waals surface area contributed by atoms with Crippen LogP contribution in [-0.2, 0) is 41.3 Å². The Kier molecular flexibility index (Phi) is 33.2. The van der Waals surface area contributed by atoms with Gasteiger partial charge in [-0.1, -0.05) is 77.3 Å². The molecule has 0 radical (unpaired) electrons. The quantitative estimate of drug-likeness (QED) is 0.0245. The summed E-state index contributed by atoms with van der Waals surface area (Å²) >= 11 is 5.81. The number of hydrogen-bond donors (Lipinski definition) is 5. The summed E-state index contributed by atoms with van der Waals surface area (Å²) in [5.74, 6) is -0.847. The number of hydrogen-bond acceptors (Lipinski definition) is 25. The minimum atomic E-state index is -4.96. The standard InChI is InChI=1S/C30H32F3N5O5S.C25H24F3N5O3S.C17H23F3N2O3.C17H17F3N2O3.C7H6ClN3/c1-19-7-10-22(11-8-19)44(40,41)38-15-13-23-26(34-18-35-27(23)38)37-14-5-6-21(17-37)20-9-12-25(42-30(31,32)33)24(16-20)36-28(39)43-29(2,3)4;1-16-4-7-19(8-5-16)37(34,35)33-12-10-20-23(30-15-31-24(20)33)32-11-2-3-18(14-32)17-6-9-22(21(29)13-17)36-25(26,27)28;2*1-16(2,3)25-15(23)22-13-9-11(12-5-4-8-21-10-12)6-7-14(13)24-17(18,19)20;1-11-3-2-5-6(8)9-4-10-7(5)11/h7-13,15-16,18,21H,5-6,14,17H2,1-4H3,(H,36,39);4-10,12-13,15,18H,2-3,11,14,29H2,1H3;6-7,9,12,21H,4-5,8,10H2,1-3H3,(H,22,23);4-10H,1-3H3,(H,22,23);2-4H,1H3. The van der Waals surface area contributed by atoms with E-state index in [-0.39, 0.29) is 61.6 Å². The Morgan fingerprint density at radius 3 is 1.23 bits per heavy atom. The molecule has 142 heavy (non-hydrogen) atoms. The van der Waals surface area contributed by atoms with E-state index in [2.05, 4.69) is 75.1 Å². The summed E-state index contributed by atoms with van der Waals surface area (Å²) in [6, 6.07) is 38.6. The Hall–Kier alpha value is -14.0. The summed E-state index contributed by atoms with van der Waals surface area (Å²) in [7, 11) is -5.85. The average molecular weight is 2050 g/mol. The topological polar surface area (TPSA) is 370 Å². The first kappa shape index (κ1) is 107. The summed E-state index contributed by atoms with van der Waals surface area (Å²) in [6.07, 6.45) is -5.10. The molecule has 7 aromatic heterocycles. The second kappa shape index (κ2) is 44.1. The predicted molar refractivity (Wildman–Crippen MR) is 509 cm³/mol. The highest BCUT2D eigenvalue weighted by Gasteiger charge is 2.39. The number of rotatable bonds is 17. The van der Waals surface area contributed by atoms with Crippen LogP contribution in [0.4, 0.5) is 101 Å². The highest BCUT2D eigenvalue weighted by Crippen LogP contribution is 2.43. The van der Waals surface area contributed by atoms with Crippen molar-refractivity contribution in [1.29, 1.82) is 0 Å². The molecule has 758 valence electrons. The number of nitrogens with one attached hydrogen (secondary N) is 4. The smallest absolute Gasteiger partial charge is 0.444 e. The van der Waals surface area contributed by atoms with Gasteiger partial charge < -0.3 is 58.6 Å². The van der Waals surface area contributed by atoms with Crippen LogP contribution in [0.25, 0.3) is 44.2 Å². The maximum absolute atomic E-state index is 13.4. The van der Waals surface area contributed by atoms with Gasteiger partial charge in [-0.2, -0.15) is 0 Å². The molecule has 6 aromatic carbocycles. The van der Waals surface area contributed by atoms with Crippen LogP contribution >= 0.6 is 11.6 Å². The molecule has 3 aliphatic rings. The monoisotopic (exact) mass is 2040 g/mol. The van der Waals surface area contributed by atoms with Crippen molar-refractivity contribution < 1.29 is 117 Å². The van der Waals surface area contributed by atoms with E-state index in [0.29, 0.717) is 70.4 Å². The molecule has 3 saturated heterocycles. The van der Waals surface area contributed by atoms with Gasteiger partial charge in [-0.05, 0) is 246 Å². The van der Waals surface area contributed by atoms with Crippen molar-refractivity contribution in [2.75, 3.05) is 70.8 Å². The van der Waals surface area contributed by atoms with Crippen molar-refractivity contribution in [3.8, 4) is 34.1 Å². The number of halogens is 13. The fourth-order valence-electron chi connectivity index (χ4n) is 15.5. The molecule has 3 unspecified atom stereocenters. The van der Waals surface area contributed by atoms with E-state index < -0.39 is 104 Å². The van der Waals surface area contributed by atoms with Crippen molar-refractivity contribution in [3.05, 3.63) is 235 Å². The number of piperidine rings is 3. The first-order valence-electron chi connectivity index (χ1n) is 44.1. The lowest BCUT2D eigenvalue weighted by Gasteiger charge is -2.34. The van der Waals surface area contributed by atoms with Gasteiger partial charge in [0.05, 0.1) is 48.7 Å². The third-order valence-electron chi connectivity index (χ3n) is 21.6. The van der Waals surface area contributed by atoms with E-state index in [1.165, 1.54) is 86.0 Å². The first-order chi connectivity index (χ1) is 66.5. The number of nitrogen functional groups attached to an aromatic ring is 1. The number of pyridine rings is 1. The van der Waals surface area contributed by atoms with E-state index in [0.717, 1.165) is 98.9 Å². The zero-order valence-corrected chi connectivity index (χ0v) is 81.0. The molecule has 0 spiro atoms. The minimum Gasteiger partial charge on any atom is -0.444 e. The lowest BCUT2D eigenvalue weighted by atomic mass is 9.90. The maximum atomic E-state index is 13.4. The lowest BCUT2D eigenvalue weighted by molar-refractivity contribution is -0.275. The van der Waals surface area contributed by atoms with Crippen LogP contribution < -0.4 is 55.7 Å². The molecule has 13 aromatic rings. The lowest BCUT2D eigenvalue weighted by Crippen LogP contribution is -2.35. The molecule has 3 atom stereocenters. The van der Waals surface area contributed by atoms with E-state index in [1.54, 1.807) is 160 Å². The van der Waals surface area contributed by atoms with E-state index in [4.69, 9.17) is 31.5 Å². The Morgan fingerprint density at radius 1 is 0.444 bits per heavy atom. The van der Waals surface area contributed by atoms with E-state index in [1.807, 2.05) is 47.5 Å². The Balaban J connectivity index is 0.000000167. The molecule has 3 amide bonds. The van der Waals surface area contributed by atoms with Crippen LogP contribution in [0.1, 0.15) is 146 Å². The van der Waals surface area contributed by atoms with Crippen LogP contribution in [-0.4, -0.2) is 164 Å². The highest BCUT2D eigenvalue weighted by atomic mass is 35.5. The number of ether oxygens (including phenoxy) is 7. The fourth-order valence-corrected chi connectivity index (χ4v) is 18.3. The van der Waals surface area contributed by atoms with E-state index >= 15 is 0 Å². The molecule has 0 saturated carbocycles. The Labute approximate surface area is 813 Å². The molecule has 3 fully saturated rings. The van der Waals surface area contributed by atoms with Gasteiger partial charge >= 0.3 is 43.7 Å². The van der Waals surface area contributed by atoms with Gasteiger partial charge in [-0.25, -0.2) is 69.1 Å². The fraction of sp³-hybridized carbons (Fsp3) is 0.354. The number of carbonyl (C=O) groups excluding carboxylic acids is 3. The summed E-state index contributed by atoms with van der Waals surface area (Å²) in [6.45, 7) is 22.6. The van der Waals surface area contributed by atoms with Crippen LogP contribution in [0.15, 0.2) is 211 Å². The third-order valence-corrected chi connectivity index (χ3v) is 25.3. The SMILES string of the molecule is CC(C)(C)OC(=O)Nc1cc(-c2cccnc2)ccc1OC(F)(F)F.CC(C)(C)OC(=O)Nc1cc(C2CCCNC2)ccc1OC(F)(F)F.Cc1ccc(S(=O)(=O)n2ccc3c(N4CCCC(c5ccc(OC(F)(F)F)c(N)c5)C4)ncnc32)cc1.Cc1ccc(S(=O)(=O)n2ccc3c(N4CCCC(c5ccc(OC(F)(F)F)c(NC(=O)OC(C)(C)C)c5)C4)ncnc32)cc1.Cn1ccc2c(Cl)ncnc21. The maximum Gasteiger partial charge on any atom is 0.573 e. The Morgan fingerprint density at radius 2 is 0.831 bits per heavy atom. The number of aryl methyl sites for hydroxylation is 3. The highest BCUT2D eigenvalue weighted by molar-refractivity contribution is 7.90. The van der Waals surface area contributed by atoms with Gasteiger partial charge in [0.25, 0.3) is 20.0 Å². The molecular weight excluding hydrogens is 1940 g/mol. The average Bonchev–Trinajstić information content (AvgIpc) is 1.60. The second-order valence-corrected chi connectivity index (χ2v) is 40.0. The van der Waals surface area contributed by atoms with Gasteiger partial charge in [0.15, 0.2) is 34.3 Å². The van der Waals surface area contributed by atoms with Gasteiger partial charge in [-0.3, -0.25) is 20.9 Å². The zero-order chi connectivity index (χ0) is 103. The number of aromatic nitrogens is 10. The summed E-state index contributed by atoms with van der Waals surface area (Å²) in [5, 5.41) is 12.8. The number of nitrogens with two attached hydrogens (primary N) is 1. The van der Waals surface area contributed by atoms with Crippen LogP contribution in [0, 0.1) is 13.8 Å². The molecular formula is C96H102ClF12N17O14S2. The van der Waals surface area contributed by atoms with Crippen molar-refractivity contribution in [3.63, 3.8) is 0 Å². The van der Waals surface area contributed by atoms with E-state index in [9.17, 15) is 83.9 Å². The van der Waals surface area contributed by atoms with Gasteiger partial charge in [0.1, 0.15) is 58.2 Å². The molecule has 31 nitrogen and oxygen atoms in total. The number of nitrogens with zero attached hydrogens (tertiary/aromatic N) is 12. The second-order valence-electron chi connectivity index (χ2n) is 36.0.